The van der Waals surface area contributed by atoms with Gasteiger partial charge in [0.2, 0.25) is 0 Å². The molecule has 35 valence electrons. The average Bonchev–Trinajstić information content (AvgIpc) is 0. The maximum atomic E-state index is 0. The zero-order valence-electron chi connectivity index (χ0n) is 2.90. The van der Waals surface area contributed by atoms with Gasteiger partial charge in [0.05, 0.1) is 0 Å². The van der Waals surface area contributed by atoms with Gasteiger partial charge in [-0.25, -0.2) is 0 Å². The Morgan fingerprint density at radius 2 is 0.400 bits per heavy atom. The van der Waals surface area contributed by atoms with Crippen molar-refractivity contribution >= 4 is 103 Å². The quantitative estimate of drug-likeness (QED) is 0.507. The fourth-order valence-corrected chi connectivity index (χ4v) is 0. The Kier molecular flexibility index (Phi) is 152. The van der Waals surface area contributed by atoms with E-state index >= 15 is 0 Å². The van der Waals surface area contributed by atoms with Crippen LogP contribution in [0.4, 0.5) is 0 Å². The van der Waals surface area contributed by atoms with Gasteiger partial charge < -0.3 is 0 Å². The third kappa shape index (κ3) is 17.7. The van der Waals surface area contributed by atoms with Crippen molar-refractivity contribution in [3.63, 3.8) is 0 Å². The molecule has 0 fully saturated rings. The molecule has 0 aromatic carbocycles. The molecule has 0 unspecified atom stereocenters. The third-order valence-electron chi connectivity index (χ3n) is 0. The smallest absolute Gasteiger partial charge is 0 e. The second-order valence-corrected chi connectivity index (χ2v) is 0. The largest absolute Gasteiger partial charge is 0 e. The minimum Gasteiger partial charge on any atom is 0 e. The summed E-state index contributed by atoms with van der Waals surface area (Å²) in [7, 11) is 0. The minimum atomic E-state index is 0. The van der Waals surface area contributed by atoms with Crippen molar-refractivity contribution in [3.05, 3.63) is 0 Å². The normalized spacial score (nSPS) is 0. The maximum Gasteiger partial charge on any atom is 0 e. The van der Waals surface area contributed by atoms with Crippen molar-refractivity contribution in [2.45, 2.75) is 0 Å². The summed E-state index contributed by atoms with van der Waals surface area (Å²) in [5.41, 5.74) is 0. The van der Waals surface area contributed by atoms with Crippen molar-refractivity contribution in [1.82, 2.24) is 0 Å². The van der Waals surface area contributed by atoms with Crippen molar-refractivity contribution in [2.75, 3.05) is 0 Å². The minimum absolute atomic E-state index is 0. The Bertz CT molecular complexity index is 4.85. The molecule has 0 N–H and O–H groups in total. The molecule has 0 aromatic heterocycles. The standard InChI is InChI=1S/3Cu.2K. The van der Waals surface area contributed by atoms with Gasteiger partial charge in [-0.2, -0.15) is 0 Å². The van der Waals surface area contributed by atoms with Crippen LogP contribution in [0.5, 0.6) is 0 Å². The molecule has 0 aliphatic carbocycles. The van der Waals surface area contributed by atoms with Crippen LogP contribution in [0.1, 0.15) is 0 Å². The number of hydrogen-bond acceptors (Lipinski definition) is 0. The van der Waals surface area contributed by atoms with E-state index in [9.17, 15) is 0 Å². The summed E-state index contributed by atoms with van der Waals surface area (Å²) >= 11 is 0. The van der Waals surface area contributed by atoms with Gasteiger partial charge in [-0.3, -0.25) is 0 Å². The first-order valence-electron chi connectivity index (χ1n) is 0. The van der Waals surface area contributed by atoms with Crippen molar-refractivity contribution in [3.8, 4) is 0 Å². The molecular formula is Cu3K2. The molecule has 0 bridgehead atoms. The molecule has 5 heavy (non-hydrogen) atoms. The van der Waals surface area contributed by atoms with E-state index < -0.39 is 0 Å². The van der Waals surface area contributed by atoms with Crippen LogP contribution in [-0.2, 0) is 51.2 Å². The Morgan fingerprint density at radius 1 is 0.400 bits per heavy atom. The summed E-state index contributed by atoms with van der Waals surface area (Å²) in [5.74, 6) is 0. The van der Waals surface area contributed by atoms with E-state index in [4.69, 9.17) is 0 Å². The molecule has 5 heteroatoms. The molecular weight excluding hydrogens is 269 g/mol. The van der Waals surface area contributed by atoms with Gasteiger partial charge in [0, 0.05) is 154 Å². The van der Waals surface area contributed by atoms with E-state index in [1.165, 1.54) is 0 Å². The van der Waals surface area contributed by atoms with Gasteiger partial charge in [0.1, 0.15) is 0 Å². The summed E-state index contributed by atoms with van der Waals surface area (Å²) in [4.78, 5) is 0. The van der Waals surface area contributed by atoms with Crippen LogP contribution in [0.3, 0.4) is 0 Å². The van der Waals surface area contributed by atoms with Gasteiger partial charge in [0.15, 0.2) is 0 Å². The fraction of sp³-hybridized carbons (Fsp3) is 0. The SMILES string of the molecule is [Cu].[Cu].[Cu].[K].[K]. The van der Waals surface area contributed by atoms with Crippen LogP contribution in [-0.4, -0.2) is 103 Å². The molecule has 0 heterocycles. The van der Waals surface area contributed by atoms with Crippen molar-refractivity contribution in [2.24, 2.45) is 0 Å². The van der Waals surface area contributed by atoms with Gasteiger partial charge in [-0.1, -0.05) is 0 Å². The average molecular weight is 269 g/mol. The van der Waals surface area contributed by atoms with Crippen LogP contribution in [0.25, 0.3) is 0 Å². The first-order valence-corrected chi connectivity index (χ1v) is 0. The van der Waals surface area contributed by atoms with Gasteiger partial charge in [-0.05, 0) is 0 Å². The molecule has 0 amide bonds. The zero-order valence-corrected chi connectivity index (χ0v) is 12.0. The second kappa shape index (κ2) is 23.2. The van der Waals surface area contributed by atoms with Crippen molar-refractivity contribution in [1.29, 1.82) is 0 Å². The molecule has 0 spiro atoms. The molecule has 0 aliphatic heterocycles. The molecule has 0 saturated carbocycles. The molecule has 0 nitrogen and oxygen atoms in total. The predicted molar refractivity (Wildman–Crippen MR) is 11.5 cm³/mol. The Morgan fingerprint density at radius 3 is 0.400 bits per heavy atom. The third-order valence-corrected chi connectivity index (χ3v) is 0. The topological polar surface area (TPSA) is 0 Å². The zero-order chi connectivity index (χ0) is 0. The van der Waals surface area contributed by atoms with Gasteiger partial charge >= 0.3 is 0 Å². The van der Waals surface area contributed by atoms with Gasteiger partial charge in [0.25, 0.3) is 0 Å². The molecule has 0 aromatic rings. The van der Waals surface area contributed by atoms with E-state index in [2.05, 4.69) is 0 Å². The second-order valence-electron chi connectivity index (χ2n) is 0. The van der Waals surface area contributed by atoms with E-state index in [-0.39, 0.29) is 154 Å². The Hall–Kier alpha value is 4.83. The summed E-state index contributed by atoms with van der Waals surface area (Å²) < 4.78 is 0. The molecule has 5 radical (unpaired) electrons. The monoisotopic (exact) mass is 267 g/mol. The summed E-state index contributed by atoms with van der Waals surface area (Å²) in [6.07, 6.45) is 0. The van der Waals surface area contributed by atoms with Crippen LogP contribution >= 0.6 is 0 Å². The molecule has 0 aliphatic rings. The van der Waals surface area contributed by atoms with E-state index in [0.717, 1.165) is 0 Å². The molecule has 0 rings (SSSR count). The van der Waals surface area contributed by atoms with E-state index in [1.807, 2.05) is 0 Å². The Labute approximate surface area is 149 Å². The van der Waals surface area contributed by atoms with E-state index in [0.29, 0.717) is 0 Å². The summed E-state index contributed by atoms with van der Waals surface area (Å²) in [6.45, 7) is 0. The van der Waals surface area contributed by atoms with Gasteiger partial charge in [-0.15, -0.1) is 0 Å². The molecule has 0 saturated heterocycles. The fourth-order valence-electron chi connectivity index (χ4n) is 0. The molecule has 0 atom stereocenters. The summed E-state index contributed by atoms with van der Waals surface area (Å²) in [6, 6.07) is 0. The first-order chi connectivity index (χ1) is 0. The number of hydrogen-bond donors (Lipinski definition) is 0. The van der Waals surface area contributed by atoms with Crippen LogP contribution in [0.15, 0.2) is 0 Å². The van der Waals surface area contributed by atoms with Crippen LogP contribution < -0.4 is 0 Å². The predicted octanol–water partition coefficient (Wildman–Crippen LogP) is -0.769. The van der Waals surface area contributed by atoms with Crippen molar-refractivity contribution < 1.29 is 51.2 Å². The Balaban J connectivity index is 0. The first kappa shape index (κ1) is 32.9. The summed E-state index contributed by atoms with van der Waals surface area (Å²) in [5, 5.41) is 0. The van der Waals surface area contributed by atoms with E-state index in [1.54, 1.807) is 0 Å². The number of rotatable bonds is 0. The van der Waals surface area contributed by atoms with Crippen LogP contribution in [0.2, 0.25) is 0 Å². The maximum absolute atomic E-state index is 0. The van der Waals surface area contributed by atoms with Crippen LogP contribution in [0, 0.1) is 0 Å².